The van der Waals surface area contributed by atoms with E-state index in [4.69, 9.17) is 14.5 Å². The number of nitrogens with zero attached hydrogens (tertiary/aromatic N) is 4. The number of hydrogen-bond acceptors (Lipinski definition) is 8. The van der Waals surface area contributed by atoms with Crippen LogP contribution in [0, 0.1) is 23.2 Å². The number of imidazole rings is 2. The van der Waals surface area contributed by atoms with Crippen molar-refractivity contribution in [1.29, 1.82) is 0 Å². The number of amides is 4. The molecule has 0 radical (unpaired) electrons. The standard InChI is InChI=1S/C50H58F2N8O6/c1-25(2)40(57-47(63)65-7)45(61)59(24-49(6)17-18-49)27(5)43-53-23-39(56-43)30-11-15-34-33-14-10-28(20-35(33)50(51,52)36(34)21-30)29-12-16-37-38(22-29)55-44(54-37)42-31-9-13-32(19-31)60(42)46(62)41(26(3)4)58-48(64)66-8/h10-12,14-16,20-23,25-27,31-32,40-42H,9,13,17-19,24H2,1-8H3,(H,53,56)(H,54,55)(H,57,63)(H,58,64)/t27-,31-,32+,40+,41-,42-/m0/s1. The SMILES string of the molecule is COC(=O)N[C@H](C(=O)N1[C@@H]2CC[C@@H](C2)[C@H]1c1nc2ccc(-c3ccc4c(c3)C(F)(F)c3cc(-c5cnc([C@H](C)N(CC6(C)CC6)C(=O)[C@H](NC(=O)OC)C(C)C)[nH]5)ccc3-4)cc2[nH]1)C(C)C. The van der Waals surface area contributed by atoms with Crippen LogP contribution in [-0.4, -0.2) is 92.6 Å². The van der Waals surface area contributed by atoms with Gasteiger partial charge in [-0.1, -0.05) is 65.0 Å². The molecule has 2 bridgehead atoms. The summed E-state index contributed by atoms with van der Waals surface area (Å²) < 4.78 is 43.0. The van der Waals surface area contributed by atoms with Gasteiger partial charge < -0.3 is 39.9 Å². The maximum absolute atomic E-state index is 16.7. The Balaban J connectivity index is 0.957. The molecule has 66 heavy (non-hydrogen) atoms. The molecule has 2 aromatic heterocycles. The molecule has 3 heterocycles. The summed E-state index contributed by atoms with van der Waals surface area (Å²) >= 11 is 0. The van der Waals surface area contributed by atoms with Crippen LogP contribution >= 0.6 is 0 Å². The zero-order valence-electron chi connectivity index (χ0n) is 38.6. The molecular formula is C50H58F2N8O6. The molecule has 3 fully saturated rings. The van der Waals surface area contributed by atoms with Gasteiger partial charge >= 0.3 is 12.2 Å². The Morgan fingerprint density at radius 2 is 1.44 bits per heavy atom. The summed E-state index contributed by atoms with van der Waals surface area (Å²) in [6.07, 6.45) is 4.92. The van der Waals surface area contributed by atoms with E-state index < -0.39 is 36.2 Å². The molecule has 1 saturated heterocycles. The molecule has 3 aliphatic carbocycles. The van der Waals surface area contributed by atoms with Gasteiger partial charge in [-0.15, -0.1) is 0 Å². The second-order valence-corrected chi connectivity index (χ2v) is 19.7. The summed E-state index contributed by atoms with van der Waals surface area (Å²) in [6, 6.07) is 13.5. The van der Waals surface area contributed by atoms with Crippen LogP contribution in [0.5, 0.6) is 0 Å². The van der Waals surface area contributed by atoms with E-state index in [-0.39, 0.29) is 58.2 Å². The highest BCUT2D eigenvalue weighted by atomic mass is 19.3. The predicted molar refractivity (Wildman–Crippen MR) is 244 cm³/mol. The molecule has 14 nitrogen and oxygen atoms in total. The predicted octanol–water partition coefficient (Wildman–Crippen LogP) is 9.24. The van der Waals surface area contributed by atoms with Crippen molar-refractivity contribution in [3.05, 3.63) is 83.6 Å². The van der Waals surface area contributed by atoms with Crippen LogP contribution in [0.1, 0.15) is 109 Å². The number of carbonyl (C=O) groups is 4. The number of methoxy groups -OCH3 is 2. The van der Waals surface area contributed by atoms with Crippen molar-refractivity contribution in [2.45, 2.75) is 110 Å². The van der Waals surface area contributed by atoms with Crippen LogP contribution in [0.25, 0.3) is 44.5 Å². The minimum atomic E-state index is -3.30. The van der Waals surface area contributed by atoms with Crippen LogP contribution in [-0.2, 0) is 25.0 Å². The van der Waals surface area contributed by atoms with E-state index >= 15 is 8.78 Å². The molecule has 3 aromatic carbocycles. The van der Waals surface area contributed by atoms with Gasteiger partial charge in [0, 0.05) is 29.3 Å². The monoisotopic (exact) mass is 904 g/mol. The minimum absolute atomic E-state index is 0.0430. The number of aromatic amines is 2. The second kappa shape index (κ2) is 16.8. The van der Waals surface area contributed by atoms with E-state index in [2.05, 4.69) is 32.5 Å². The highest BCUT2D eigenvalue weighted by molar-refractivity contribution is 5.89. The minimum Gasteiger partial charge on any atom is -0.453 e. The van der Waals surface area contributed by atoms with E-state index in [0.717, 1.165) is 43.2 Å². The molecule has 1 aliphatic heterocycles. The number of rotatable bonds is 13. The lowest BCUT2D eigenvalue weighted by atomic mass is 9.95. The number of nitrogens with one attached hydrogen (secondary N) is 4. The lowest BCUT2D eigenvalue weighted by Crippen LogP contribution is -2.54. The Bertz CT molecular complexity index is 2720. The summed E-state index contributed by atoms with van der Waals surface area (Å²) in [5.74, 6) is -2.70. The Morgan fingerprint density at radius 3 is 2.08 bits per heavy atom. The van der Waals surface area contributed by atoms with Crippen molar-refractivity contribution < 1.29 is 37.4 Å². The quantitative estimate of drug-likeness (QED) is 0.0905. The maximum Gasteiger partial charge on any atom is 0.407 e. The lowest BCUT2D eigenvalue weighted by molar-refractivity contribution is -0.139. The van der Waals surface area contributed by atoms with E-state index in [1.54, 1.807) is 35.4 Å². The molecule has 16 heteroatoms. The highest BCUT2D eigenvalue weighted by Gasteiger charge is 2.52. The first-order chi connectivity index (χ1) is 31.4. The number of halogens is 2. The zero-order chi connectivity index (χ0) is 47.0. The smallest absolute Gasteiger partial charge is 0.407 e. The number of alkyl carbamates (subject to hydrolysis) is 2. The van der Waals surface area contributed by atoms with Gasteiger partial charge in [-0.25, -0.2) is 19.6 Å². The summed E-state index contributed by atoms with van der Waals surface area (Å²) in [4.78, 5) is 72.6. The molecule has 6 atom stereocenters. The summed E-state index contributed by atoms with van der Waals surface area (Å²) in [5, 5.41) is 5.43. The first-order valence-electron chi connectivity index (χ1n) is 23.0. The van der Waals surface area contributed by atoms with E-state index in [9.17, 15) is 19.2 Å². The normalized spacial score (nSPS) is 21.0. The molecule has 4 N–H and O–H groups in total. The Morgan fingerprint density at radius 1 is 0.833 bits per heavy atom. The fraction of sp³-hybridized carbons (Fsp3) is 0.480. The Hall–Kier alpha value is -6.32. The third-order valence-electron chi connectivity index (χ3n) is 14.5. The maximum atomic E-state index is 16.7. The van der Waals surface area contributed by atoms with Crippen LogP contribution in [0.4, 0.5) is 18.4 Å². The fourth-order valence-electron chi connectivity index (χ4n) is 10.3. The number of piperidine rings is 1. The van der Waals surface area contributed by atoms with Gasteiger partial charge in [0.05, 0.1) is 49.2 Å². The van der Waals surface area contributed by atoms with Crippen LogP contribution in [0.15, 0.2) is 60.8 Å². The molecule has 2 saturated carbocycles. The van der Waals surface area contributed by atoms with Crippen LogP contribution in [0.2, 0.25) is 0 Å². The molecule has 5 aromatic rings. The lowest BCUT2D eigenvalue weighted by Gasteiger charge is -2.37. The van der Waals surface area contributed by atoms with Gasteiger partial charge in [0.15, 0.2) is 0 Å². The second-order valence-electron chi connectivity index (χ2n) is 19.7. The van der Waals surface area contributed by atoms with E-state index in [1.165, 1.54) is 20.3 Å². The number of benzene rings is 3. The molecule has 348 valence electrons. The zero-order valence-corrected chi connectivity index (χ0v) is 38.6. The van der Waals surface area contributed by atoms with Gasteiger partial charge in [-0.05, 0) is 109 Å². The molecule has 0 unspecified atom stereocenters. The number of aromatic nitrogens is 4. The topological polar surface area (TPSA) is 175 Å². The van der Waals surface area contributed by atoms with Gasteiger partial charge in [0.1, 0.15) is 23.7 Å². The van der Waals surface area contributed by atoms with Gasteiger partial charge in [0.2, 0.25) is 11.8 Å². The van der Waals surface area contributed by atoms with Crippen molar-refractivity contribution in [3.63, 3.8) is 0 Å². The number of alkyl halides is 2. The number of H-pyrrole nitrogens is 2. The van der Waals surface area contributed by atoms with Crippen molar-refractivity contribution >= 4 is 35.0 Å². The van der Waals surface area contributed by atoms with Gasteiger partial charge in [0.25, 0.3) is 5.92 Å². The molecular weight excluding hydrogens is 847 g/mol. The van der Waals surface area contributed by atoms with Crippen LogP contribution in [0.3, 0.4) is 0 Å². The van der Waals surface area contributed by atoms with E-state index in [1.807, 2.05) is 63.8 Å². The van der Waals surface area contributed by atoms with Gasteiger partial charge in [-0.2, -0.15) is 8.78 Å². The number of fused-ring (bicyclic) bond motifs is 6. The van der Waals surface area contributed by atoms with Crippen molar-refractivity contribution in [1.82, 2.24) is 40.4 Å². The van der Waals surface area contributed by atoms with Crippen molar-refractivity contribution in [2.24, 2.45) is 23.2 Å². The third kappa shape index (κ3) is 7.95. The Labute approximate surface area is 382 Å². The summed E-state index contributed by atoms with van der Waals surface area (Å²) in [7, 11) is 2.54. The van der Waals surface area contributed by atoms with E-state index in [0.29, 0.717) is 51.7 Å². The average Bonchev–Trinajstić information content (AvgIpc) is 3.89. The number of ether oxygens (including phenoxy) is 2. The number of carbonyl (C=O) groups excluding carboxylic acids is 4. The van der Waals surface area contributed by atoms with Gasteiger partial charge in [-0.3, -0.25) is 9.59 Å². The fourth-order valence-corrected chi connectivity index (χ4v) is 10.3. The first-order valence-corrected chi connectivity index (χ1v) is 23.0. The van der Waals surface area contributed by atoms with Crippen molar-refractivity contribution in [2.75, 3.05) is 20.8 Å². The summed E-state index contributed by atoms with van der Waals surface area (Å²) in [6.45, 7) is 12.0. The van der Waals surface area contributed by atoms with Crippen LogP contribution < -0.4 is 10.6 Å². The molecule has 4 amide bonds. The highest BCUT2D eigenvalue weighted by Crippen LogP contribution is 2.54. The first kappa shape index (κ1) is 44.9. The average molecular weight is 905 g/mol. The third-order valence-corrected chi connectivity index (χ3v) is 14.5. The number of hydrogen-bond donors (Lipinski definition) is 4. The Kier molecular flexibility index (Phi) is 11.4. The molecule has 4 aliphatic rings. The summed E-state index contributed by atoms with van der Waals surface area (Å²) in [5.41, 5.74) is 4.52. The number of likely N-dealkylation sites (tertiary alicyclic amines) is 1. The largest absolute Gasteiger partial charge is 0.453 e. The van der Waals surface area contributed by atoms with Crippen molar-refractivity contribution in [3.8, 4) is 33.5 Å². The molecule has 9 rings (SSSR count). The molecule has 0 spiro atoms.